The predicted molar refractivity (Wildman–Crippen MR) is 107 cm³/mol. The minimum absolute atomic E-state index is 0.0276. The SMILES string of the molecule is O=C(c1ccc(F)cc1)N1N=C2c3ccccc3CCC2C1c1ccc(F)cc1. The molecular formula is C24H18F2N2O. The van der Waals surface area contributed by atoms with Gasteiger partial charge < -0.3 is 0 Å². The third kappa shape index (κ3) is 3.03. The third-order valence-electron chi connectivity index (χ3n) is 5.74. The first kappa shape index (κ1) is 17.7. The summed E-state index contributed by atoms with van der Waals surface area (Å²) in [5.74, 6) is -0.983. The Bertz CT molecular complexity index is 1110. The minimum atomic E-state index is -0.396. The molecule has 0 saturated heterocycles. The second kappa shape index (κ2) is 6.92. The Hall–Kier alpha value is -3.34. The Morgan fingerprint density at radius 1 is 0.897 bits per heavy atom. The van der Waals surface area contributed by atoms with Crippen LogP contribution in [-0.4, -0.2) is 16.6 Å². The Morgan fingerprint density at radius 3 is 2.28 bits per heavy atom. The van der Waals surface area contributed by atoms with Crippen LogP contribution < -0.4 is 0 Å². The number of nitrogens with zero attached hydrogens (tertiary/aromatic N) is 2. The van der Waals surface area contributed by atoms with Crippen molar-refractivity contribution in [2.75, 3.05) is 0 Å². The summed E-state index contributed by atoms with van der Waals surface area (Å²) < 4.78 is 26.8. The lowest BCUT2D eigenvalue weighted by Gasteiger charge is -2.29. The number of hydrazone groups is 1. The smallest absolute Gasteiger partial charge is 0.267 e. The Labute approximate surface area is 167 Å². The van der Waals surface area contributed by atoms with Crippen LogP contribution in [0.25, 0.3) is 0 Å². The molecule has 2 unspecified atom stereocenters. The van der Waals surface area contributed by atoms with Crippen LogP contribution in [0.1, 0.15) is 39.5 Å². The van der Waals surface area contributed by atoms with E-state index < -0.39 is 5.82 Å². The van der Waals surface area contributed by atoms with Gasteiger partial charge in [-0.25, -0.2) is 13.8 Å². The summed E-state index contributed by atoms with van der Waals surface area (Å²) >= 11 is 0. The van der Waals surface area contributed by atoms with Crippen LogP contribution in [0.4, 0.5) is 8.78 Å². The molecule has 29 heavy (non-hydrogen) atoms. The molecule has 0 saturated carbocycles. The summed E-state index contributed by atoms with van der Waals surface area (Å²) in [6.45, 7) is 0. The zero-order valence-electron chi connectivity index (χ0n) is 15.6. The van der Waals surface area contributed by atoms with Crippen LogP contribution in [0, 0.1) is 17.6 Å². The summed E-state index contributed by atoms with van der Waals surface area (Å²) in [5.41, 5.74) is 4.37. The molecule has 0 N–H and O–H groups in total. The van der Waals surface area contributed by atoms with E-state index in [2.05, 4.69) is 6.07 Å². The first-order valence-corrected chi connectivity index (χ1v) is 9.63. The van der Waals surface area contributed by atoms with Crippen molar-refractivity contribution >= 4 is 11.6 Å². The number of fused-ring (bicyclic) bond motifs is 3. The van der Waals surface area contributed by atoms with E-state index in [1.165, 1.54) is 47.0 Å². The highest BCUT2D eigenvalue weighted by atomic mass is 19.1. The number of rotatable bonds is 2. The average Bonchev–Trinajstić information content (AvgIpc) is 3.14. The summed E-state index contributed by atoms with van der Waals surface area (Å²) in [4.78, 5) is 13.3. The first-order valence-electron chi connectivity index (χ1n) is 9.63. The Balaban J connectivity index is 1.61. The normalized spacial score (nSPS) is 20.1. The fourth-order valence-corrected chi connectivity index (χ4v) is 4.35. The maximum Gasteiger partial charge on any atom is 0.274 e. The van der Waals surface area contributed by atoms with Crippen molar-refractivity contribution in [2.45, 2.75) is 18.9 Å². The largest absolute Gasteiger partial charge is 0.274 e. The number of halogens is 2. The lowest BCUT2D eigenvalue weighted by molar-refractivity contribution is 0.0681. The maximum absolute atomic E-state index is 13.5. The molecule has 5 rings (SSSR count). The van der Waals surface area contributed by atoms with Crippen molar-refractivity contribution < 1.29 is 13.6 Å². The Morgan fingerprint density at radius 2 is 1.55 bits per heavy atom. The van der Waals surface area contributed by atoms with Gasteiger partial charge in [0, 0.05) is 17.0 Å². The molecule has 5 heteroatoms. The van der Waals surface area contributed by atoms with Crippen LogP contribution >= 0.6 is 0 Å². The van der Waals surface area contributed by atoms with Crippen molar-refractivity contribution in [3.63, 3.8) is 0 Å². The minimum Gasteiger partial charge on any atom is -0.267 e. The average molecular weight is 388 g/mol. The number of hydrogen-bond acceptors (Lipinski definition) is 2. The zero-order chi connectivity index (χ0) is 20.0. The molecule has 144 valence electrons. The molecule has 1 heterocycles. The van der Waals surface area contributed by atoms with E-state index in [0.29, 0.717) is 5.56 Å². The molecule has 3 aromatic rings. The van der Waals surface area contributed by atoms with Crippen molar-refractivity contribution in [3.8, 4) is 0 Å². The molecule has 0 aromatic heterocycles. The predicted octanol–water partition coefficient (Wildman–Crippen LogP) is 5.13. The van der Waals surface area contributed by atoms with Crippen LogP contribution in [0.3, 0.4) is 0 Å². The quantitative estimate of drug-likeness (QED) is 0.599. The van der Waals surface area contributed by atoms with Gasteiger partial charge in [-0.2, -0.15) is 5.10 Å². The standard InChI is InChI=1S/C24H18F2N2O/c25-18-10-5-16(6-11-18)23-21-14-9-15-3-1-2-4-20(15)22(21)27-28(23)24(29)17-7-12-19(26)13-8-17/h1-8,10-13,21,23H,9,14H2. The molecule has 1 aliphatic heterocycles. The van der Waals surface area contributed by atoms with Gasteiger partial charge in [0.2, 0.25) is 0 Å². The van der Waals surface area contributed by atoms with Crippen molar-refractivity contribution in [3.05, 3.63) is 107 Å². The second-order valence-corrected chi connectivity index (χ2v) is 7.44. The summed E-state index contributed by atoms with van der Waals surface area (Å²) in [6, 6.07) is 19.5. The molecule has 1 aliphatic carbocycles. The number of hydrogen-bond donors (Lipinski definition) is 0. The van der Waals surface area contributed by atoms with E-state index >= 15 is 0 Å². The van der Waals surface area contributed by atoms with Crippen molar-refractivity contribution in [2.24, 2.45) is 11.0 Å². The fraction of sp³-hybridized carbons (Fsp3) is 0.167. The highest BCUT2D eigenvalue weighted by Crippen LogP contribution is 2.43. The molecule has 0 spiro atoms. The lowest BCUT2D eigenvalue weighted by atomic mass is 9.77. The third-order valence-corrected chi connectivity index (χ3v) is 5.74. The molecule has 2 aliphatic rings. The topological polar surface area (TPSA) is 32.7 Å². The molecule has 3 aromatic carbocycles. The molecule has 0 fully saturated rings. The number of amides is 1. The van der Waals surface area contributed by atoms with Gasteiger partial charge in [0.15, 0.2) is 0 Å². The van der Waals surface area contributed by atoms with Gasteiger partial charge >= 0.3 is 0 Å². The van der Waals surface area contributed by atoms with Gasteiger partial charge in [0.25, 0.3) is 5.91 Å². The van der Waals surface area contributed by atoms with E-state index in [1.54, 1.807) is 12.1 Å². The first-order chi connectivity index (χ1) is 14.1. The Kier molecular flexibility index (Phi) is 4.23. The molecule has 0 radical (unpaired) electrons. The molecular weight excluding hydrogens is 370 g/mol. The molecule has 2 atom stereocenters. The van der Waals surface area contributed by atoms with E-state index in [-0.39, 0.29) is 23.7 Å². The van der Waals surface area contributed by atoms with E-state index in [4.69, 9.17) is 5.10 Å². The van der Waals surface area contributed by atoms with E-state index in [1.807, 2.05) is 18.2 Å². The highest BCUT2D eigenvalue weighted by Gasteiger charge is 2.44. The van der Waals surface area contributed by atoms with E-state index in [0.717, 1.165) is 29.7 Å². The van der Waals surface area contributed by atoms with Crippen LogP contribution in [-0.2, 0) is 6.42 Å². The lowest BCUT2D eigenvalue weighted by Crippen LogP contribution is -2.32. The monoisotopic (exact) mass is 388 g/mol. The van der Waals surface area contributed by atoms with Crippen molar-refractivity contribution in [1.29, 1.82) is 0 Å². The van der Waals surface area contributed by atoms with Crippen molar-refractivity contribution in [1.82, 2.24) is 5.01 Å². The van der Waals surface area contributed by atoms with Crippen LogP contribution in [0.2, 0.25) is 0 Å². The summed E-state index contributed by atoms with van der Waals surface area (Å²) in [5, 5.41) is 6.23. The molecule has 0 bridgehead atoms. The molecule has 1 amide bonds. The van der Waals surface area contributed by atoms with Gasteiger partial charge in [0.05, 0.1) is 11.8 Å². The van der Waals surface area contributed by atoms with Crippen LogP contribution in [0.5, 0.6) is 0 Å². The number of carbonyl (C=O) groups excluding carboxylic acids is 1. The number of carbonyl (C=O) groups is 1. The number of benzene rings is 3. The van der Waals surface area contributed by atoms with Gasteiger partial charge in [-0.15, -0.1) is 0 Å². The summed E-state index contributed by atoms with van der Waals surface area (Å²) in [7, 11) is 0. The van der Waals surface area contributed by atoms with Crippen LogP contribution in [0.15, 0.2) is 77.9 Å². The van der Waals surface area contributed by atoms with Gasteiger partial charge in [-0.3, -0.25) is 4.79 Å². The maximum atomic E-state index is 13.5. The number of aryl methyl sites for hydroxylation is 1. The molecule has 3 nitrogen and oxygen atoms in total. The summed E-state index contributed by atoms with van der Waals surface area (Å²) in [6.07, 6.45) is 1.75. The van der Waals surface area contributed by atoms with Gasteiger partial charge in [-0.1, -0.05) is 36.4 Å². The zero-order valence-corrected chi connectivity index (χ0v) is 15.6. The van der Waals surface area contributed by atoms with Gasteiger partial charge in [0.1, 0.15) is 11.6 Å². The second-order valence-electron chi connectivity index (χ2n) is 7.44. The highest BCUT2D eigenvalue weighted by molar-refractivity contribution is 6.08. The van der Waals surface area contributed by atoms with Gasteiger partial charge in [-0.05, 0) is 60.4 Å². The fourth-order valence-electron chi connectivity index (χ4n) is 4.35. The van der Waals surface area contributed by atoms with E-state index in [9.17, 15) is 13.6 Å².